The molecule has 1 aromatic carbocycles. The van der Waals surface area contributed by atoms with Crippen LogP contribution in [0.25, 0.3) is 0 Å². The van der Waals surface area contributed by atoms with Crippen LogP contribution in [0, 0.1) is 5.41 Å². The van der Waals surface area contributed by atoms with Crippen LogP contribution in [-0.4, -0.2) is 37.5 Å². The van der Waals surface area contributed by atoms with Gasteiger partial charge in [-0.05, 0) is 24.8 Å². The predicted molar refractivity (Wildman–Crippen MR) is 84.2 cm³/mol. The van der Waals surface area contributed by atoms with Gasteiger partial charge in [0.15, 0.2) is 0 Å². The second kappa shape index (κ2) is 6.73. The smallest absolute Gasteiger partial charge is 0.218 e. The molecule has 0 aliphatic carbocycles. The average molecular weight is 309 g/mol. The van der Waals surface area contributed by atoms with Gasteiger partial charge in [-0.25, -0.2) is 12.7 Å². The Kier molecular flexibility index (Phi) is 5.19. The molecule has 0 spiro atoms. The molecule has 5 heteroatoms. The van der Waals surface area contributed by atoms with Crippen LogP contribution in [0.2, 0.25) is 0 Å². The Morgan fingerprint density at radius 3 is 2.67 bits per heavy atom. The number of aliphatic hydroxyl groups is 1. The molecule has 0 radical (unpaired) electrons. The summed E-state index contributed by atoms with van der Waals surface area (Å²) in [6, 6.07) is 9.21. The monoisotopic (exact) mass is 309 g/mol. The molecule has 21 heavy (non-hydrogen) atoms. The molecular weight excluding hydrogens is 286 g/mol. The summed E-state index contributed by atoms with van der Waals surface area (Å²) in [5, 5.41) is 9.68. The van der Waals surface area contributed by atoms with Crippen LogP contribution in [-0.2, 0) is 15.8 Å². The molecule has 1 N–H and O–H groups in total. The van der Waals surface area contributed by atoms with E-state index in [0.717, 1.165) is 18.4 Å². The first-order chi connectivity index (χ1) is 10.0. The normalized spacial score (nSPS) is 23.9. The molecule has 4 nitrogen and oxygen atoms in total. The van der Waals surface area contributed by atoms with Gasteiger partial charge in [0.1, 0.15) is 0 Å². The standard InChI is InChI=1S/C16H23NO3S/c1-2-9-16(14-18)10-6-11-17(13-16)21(19,20)12-15-7-4-3-5-8-15/h2-5,7-8,18H,1,6,9-14H2/t16-/m1/s1. The number of piperidine rings is 1. The fourth-order valence-corrected chi connectivity index (χ4v) is 4.62. The van der Waals surface area contributed by atoms with E-state index in [0.29, 0.717) is 19.5 Å². The SMILES string of the molecule is C=CC[C@@]1(CO)CCCN(S(=O)(=O)Cc2ccccc2)C1. The summed E-state index contributed by atoms with van der Waals surface area (Å²) >= 11 is 0. The molecule has 1 atom stereocenters. The van der Waals surface area contributed by atoms with Crippen molar-refractivity contribution in [3.05, 3.63) is 48.6 Å². The number of hydrogen-bond donors (Lipinski definition) is 1. The molecular formula is C16H23NO3S. The quantitative estimate of drug-likeness (QED) is 0.819. The van der Waals surface area contributed by atoms with Crippen molar-refractivity contribution in [2.24, 2.45) is 5.41 Å². The molecule has 116 valence electrons. The third kappa shape index (κ3) is 3.93. The molecule has 1 aliphatic heterocycles. The molecule has 0 bridgehead atoms. The Labute approximate surface area is 127 Å². The lowest BCUT2D eigenvalue weighted by Crippen LogP contribution is -2.47. The Balaban J connectivity index is 2.14. The third-order valence-corrected chi connectivity index (χ3v) is 5.92. The predicted octanol–water partition coefficient (Wildman–Crippen LogP) is 2.17. The van der Waals surface area contributed by atoms with Crippen LogP contribution in [0.4, 0.5) is 0 Å². The van der Waals surface area contributed by atoms with E-state index in [1.54, 1.807) is 6.08 Å². The van der Waals surface area contributed by atoms with Gasteiger partial charge in [-0.15, -0.1) is 6.58 Å². The van der Waals surface area contributed by atoms with Crippen molar-refractivity contribution >= 4 is 10.0 Å². The summed E-state index contributed by atoms with van der Waals surface area (Å²) in [6.07, 6.45) is 4.03. The van der Waals surface area contributed by atoms with E-state index in [-0.39, 0.29) is 17.8 Å². The lowest BCUT2D eigenvalue weighted by Gasteiger charge is -2.40. The summed E-state index contributed by atoms with van der Waals surface area (Å²) in [7, 11) is -3.35. The fourth-order valence-electron chi connectivity index (χ4n) is 2.94. The van der Waals surface area contributed by atoms with Crippen molar-refractivity contribution in [1.82, 2.24) is 4.31 Å². The first kappa shape index (κ1) is 16.2. The van der Waals surface area contributed by atoms with Gasteiger partial charge >= 0.3 is 0 Å². The highest BCUT2D eigenvalue weighted by atomic mass is 32.2. The van der Waals surface area contributed by atoms with E-state index >= 15 is 0 Å². The maximum Gasteiger partial charge on any atom is 0.218 e. The Bertz CT molecular complexity index is 570. The highest BCUT2D eigenvalue weighted by Gasteiger charge is 2.38. The van der Waals surface area contributed by atoms with Gasteiger partial charge in [0.25, 0.3) is 0 Å². The zero-order valence-electron chi connectivity index (χ0n) is 12.2. The van der Waals surface area contributed by atoms with Gasteiger partial charge in [-0.1, -0.05) is 36.4 Å². The summed E-state index contributed by atoms with van der Waals surface area (Å²) in [5.74, 6) is 0.0173. The van der Waals surface area contributed by atoms with E-state index in [1.807, 2.05) is 30.3 Å². The van der Waals surface area contributed by atoms with Crippen LogP contribution < -0.4 is 0 Å². The Hall–Kier alpha value is -1.17. The van der Waals surface area contributed by atoms with Gasteiger partial charge in [-0.2, -0.15) is 0 Å². The lowest BCUT2D eigenvalue weighted by atomic mass is 9.79. The van der Waals surface area contributed by atoms with E-state index in [2.05, 4.69) is 6.58 Å². The first-order valence-electron chi connectivity index (χ1n) is 7.25. The van der Waals surface area contributed by atoms with Gasteiger partial charge < -0.3 is 5.11 Å². The highest BCUT2D eigenvalue weighted by molar-refractivity contribution is 7.88. The molecule has 0 unspecified atom stereocenters. The maximum atomic E-state index is 12.6. The van der Waals surface area contributed by atoms with Crippen LogP contribution in [0.15, 0.2) is 43.0 Å². The number of rotatable bonds is 6. The maximum absolute atomic E-state index is 12.6. The molecule has 1 aliphatic rings. The summed E-state index contributed by atoms with van der Waals surface area (Å²) in [4.78, 5) is 0. The molecule has 1 saturated heterocycles. The number of nitrogens with zero attached hydrogens (tertiary/aromatic N) is 1. The summed E-state index contributed by atoms with van der Waals surface area (Å²) in [5.41, 5.74) is 0.422. The average Bonchev–Trinajstić information content (AvgIpc) is 2.48. The van der Waals surface area contributed by atoms with Gasteiger partial charge in [-0.3, -0.25) is 0 Å². The van der Waals surface area contributed by atoms with Crippen LogP contribution in [0.5, 0.6) is 0 Å². The largest absolute Gasteiger partial charge is 0.396 e. The second-order valence-corrected chi connectivity index (χ2v) is 7.80. The molecule has 0 amide bonds. The van der Waals surface area contributed by atoms with Crippen LogP contribution in [0.1, 0.15) is 24.8 Å². The van der Waals surface area contributed by atoms with E-state index in [4.69, 9.17) is 0 Å². The molecule has 1 heterocycles. The van der Waals surface area contributed by atoms with Crippen molar-refractivity contribution in [1.29, 1.82) is 0 Å². The second-order valence-electron chi connectivity index (χ2n) is 5.83. The first-order valence-corrected chi connectivity index (χ1v) is 8.86. The number of hydrogen-bond acceptors (Lipinski definition) is 3. The molecule has 1 aromatic rings. The van der Waals surface area contributed by atoms with Crippen molar-refractivity contribution in [3.63, 3.8) is 0 Å². The number of benzene rings is 1. The minimum Gasteiger partial charge on any atom is -0.396 e. The fraction of sp³-hybridized carbons (Fsp3) is 0.500. The van der Waals surface area contributed by atoms with Crippen molar-refractivity contribution in [2.45, 2.75) is 25.0 Å². The molecule has 1 fully saturated rings. The van der Waals surface area contributed by atoms with Crippen molar-refractivity contribution in [3.8, 4) is 0 Å². The molecule has 0 saturated carbocycles. The minimum atomic E-state index is -3.35. The van der Waals surface area contributed by atoms with E-state index in [1.165, 1.54) is 4.31 Å². The lowest BCUT2D eigenvalue weighted by molar-refractivity contribution is 0.0669. The van der Waals surface area contributed by atoms with E-state index < -0.39 is 10.0 Å². The van der Waals surface area contributed by atoms with Gasteiger partial charge in [0, 0.05) is 18.5 Å². The molecule has 2 rings (SSSR count). The highest BCUT2D eigenvalue weighted by Crippen LogP contribution is 2.35. The zero-order chi connectivity index (χ0) is 15.3. The van der Waals surface area contributed by atoms with Gasteiger partial charge in [0.2, 0.25) is 10.0 Å². The van der Waals surface area contributed by atoms with E-state index in [9.17, 15) is 13.5 Å². The Morgan fingerprint density at radius 2 is 2.05 bits per heavy atom. The summed E-state index contributed by atoms with van der Waals surface area (Å²) in [6.45, 7) is 4.64. The Morgan fingerprint density at radius 1 is 1.33 bits per heavy atom. The van der Waals surface area contributed by atoms with Crippen LogP contribution >= 0.6 is 0 Å². The number of aliphatic hydroxyl groups excluding tert-OH is 1. The molecule has 0 aromatic heterocycles. The van der Waals surface area contributed by atoms with Crippen molar-refractivity contribution in [2.75, 3.05) is 19.7 Å². The topological polar surface area (TPSA) is 57.6 Å². The van der Waals surface area contributed by atoms with Crippen LogP contribution in [0.3, 0.4) is 0 Å². The third-order valence-electron chi connectivity index (χ3n) is 4.12. The number of allylic oxidation sites excluding steroid dienone is 1. The number of sulfonamides is 1. The van der Waals surface area contributed by atoms with Gasteiger partial charge in [0.05, 0.1) is 12.4 Å². The summed E-state index contributed by atoms with van der Waals surface area (Å²) < 4.78 is 26.7. The van der Waals surface area contributed by atoms with Crippen molar-refractivity contribution < 1.29 is 13.5 Å². The zero-order valence-corrected chi connectivity index (χ0v) is 13.1. The minimum absolute atomic E-state index is 0.00359.